The molecular weight excluding hydrogens is 239 g/mol. The van der Waals surface area contributed by atoms with Crippen LogP contribution in [0.2, 0.25) is 0 Å². The van der Waals surface area contributed by atoms with Crippen LogP contribution in [-0.2, 0) is 6.18 Å². The van der Waals surface area contributed by atoms with Gasteiger partial charge in [-0.2, -0.15) is 13.2 Å². The lowest BCUT2D eigenvalue weighted by Crippen LogP contribution is -2.17. The maximum atomic E-state index is 12.4. The van der Waals surface area contributed by atoms with E-state index in [0.717, 1.165) is 6.07 Å². The first-order valence-corrected chi connectivity index (χ1v) is 4.52. The summed E-state index contributed by atoms with van der Waals surface area (Å²) in [6.07, 6.45) is -4.60. The Balaban J connectivity index is 3.14. The maximum absolute atomic E-state index is 12.4. The van der Waals surface area contributed by atoms with Crippen LogP contribution in [0.5, 0.6) is 5.88 Å². The molecule has 0 atom stereocenters. The third kappa shape index (κ3) is 3.31. The highest BCUT2D eigenvalue weighted by atomic mass is 19.4. The highest BCUT2D eigenvalue weighted by molar-refractivity contribution is 5.97. The van der Waals surface area contributed by atoms with Gasteiger partial charge >= 0.3 is 6.18 Å². The lowest BCUT2D eigenvalue weighted by Gasteiger charge is -2.11. The third-order valence-electron chi connectivity index (χ3n) is 1.77. The van der Waals surface area contributed by atoms with E-state index >= 15 is 0 Å². The topological polar surface area (TPSA) is 92.2 Å². The number of aliphatic hydroxyl groups is 1. The number of aliphatic hydroxyl groups excluding tert-OH is 1. The van der Waals surface area contributed by atoms with E-state index in [1.165, 1.54) is 0 Å². The minimum Gasteiger partial charge on any atom is -0.475 e. The zero-order valence-electron chi connectivity index (χ0n) is 8.58. The Labute approximate surface area is 94.5 Å². The molecule has 0 unspecified atom stereocenters. The van der Waals surface area contributed by atoms with Crippen molar-refractivity contribution in [3.8, 4) is 5.88 Å². The van der Waals surface area contributed by atoms with E-state index in [-0.39, 0.29) is 18.8 Å². The molecule has 0 aliphatic rings. The zero-order valence-corrected chi connectivity index (χ0v) is 8.58. The van der Waals surface area contributed by atoms with Crippen LogP contribution in [0.1, 0.15) is 11.3 Å². The Kier molecular flexibility index (Phi) is 3.89. The van der Waals surface area contributed by atoms with Gasteiger partial charge in [0.2, 0.25) is 5.88 Å². The van der Waals surface area contributed by atoms with E-state index in [2.05, 4.69) is 4.98 Å². The van der Waals surface area contributed by atoms with Gasteiger partial charge in [0.15, 0.2) is 0 Å². The molecular formula is C9H10F3N3O2. The second-order valence-corrected chi connectivity index (χ2v) is 3.03. The van der Waals surface area contributed by atoms with Gasteiger partial charge in [-0.1, -0.05) is 0 Å². The molecule has 0 amide bonds. The van der Waals surface area contributed by atoms with Gasteiger partial charge in [0.1, 0.15) is 18.1 Å². The number of ether oxygens (including phenoxy) is 1. The number of hydrogen-bond acceptors (Lipinski definition) is 4. The van der Waals surface area contributed by atoms with Gasteiger partial charge in [-0.15, -0.1) is 0 Å². The fourth-order valence-electron chi connectivity index (χ4n) is 1.06. The van der Waals surface area contributed by atoms with Crippen LogP contribution in [-0.4, -0.2) is 29.1 Å². The number of nitrogen functional groups attached to an aromatic ring is 1. The third-order valence-corrected chi connectivity index (χ3v) is 1.77. The lowest BCUT2D eigenvalue weighted by atomic mass is 10.2. The van der Waals surface area contributed by atoms with Gasteiger partial charge in [0, 0.05) is 0 Å². The van der Waals surface area contributed by atoms with Gasteiger partial charge in [-0.3, -0.25) is 5.41 Å². The van der Waals surface area contributed by atoms with Gasteiger partial charge in [0.05, 0.1) is 12.2 Å². The van der Waals surface area contributed by atoms with E-state index in [1.807, 2.05) is 0 Å². The van der Waals surface area contributed by atoms with Crippen molar-refractivity contribution in [2.75, 3.05) is 13.2 Å². The molecule has 0 saturated heterocycles. The zero-order chi connectivity index (χ0) is 13.1. The molecule has 17 heavy (non-hydrogen) atoms. The Morgan fingerprint density at radius 2 is 2.12 bits per heavy atom. The van der Waals surface area contributed by atoms with Crippen LogP contribution in [0.15, 0.2) is 12.1 Å². The van der Waals surface area contributed by atoms with Crippen LogP contribution < -0.4 is 10.5 Å². The van der Waals surface area contributed by atoms with Crippen molar-refractivity contribution >= 4 is 5.84 Å². The number of hydrogen-bond donors (Lipinski definition) is 3. The molecule has 0 spiro atoms. The molecule has 0 aliphatic carbocycles. The quantitative estimate of drug-likeness (QED) is 0.542. The minimum atomic E-state index is -4.60. The molecule has 0 aromatic carbocycles. The van der Waals surface area contributed by atoms with Crippen molar-refractivity contribution in [3.63, 3.8) is 0 Å². The summed E-state index contributed by atoms with van der Waals surface area (Å²) in [5.41, 5.74) is 3.97. The number of nitrogens with two attached hydrogens (primary N) is 1. The number of amidine groups is 1. The monoisotopic (exact) mass is 249 g/mol. The molecule has 1 aromatic heterocycles. The predicted octanol–water partition coefficient (Wildman–Crippen LogP) is 0.756. The molecule has 4 N–H and O–H groups in total. The fourth-order valence-corrected chi connectivity index (χ4v) is 1.06. The first-order chi connectivity index (χ1) is 7.86. The van der Waals surface area contributed by atoms with E-state index < -0.39 is 23.6 Å². The van der Waals surface area contributed by atoms with E-state index in [1.54, 1.807) is 0 Å². The molecule has 0 fully saturated rings. The highest BCUT2D eigenvalue weighted by Gasteiger charge is 2.33. The van der Waals surface area contributed by atoms with Crippen LogP contribution in [0.25, 0.3) is 0 Å². The molecule has 0 bridgehead atoms. The first kappa shape index (κ1) is 13.2. The molecule has 0 aliphatic heterocycles. The maximum Gasteiger partial charge on any atom is 0.433 e. The number of alkyl halides is 3. The lowest BCUT2D eigenvalue weighted by molar-refractivity contribution is -0.141. The smallest absolute Gasteiger partial charge is 0.433 e. The summed E-state index contributed by atoms with van der Waals surface area (Å²) >= 11 is 0. The number of rotatable bonds is 4. The van der Waals surface area contributed by atoms with Crippen molar-refractivity contribution in [2.24, 2.45) is 5.73 Å². The summed E-state index contributed by atoms with van der Waals surface area (Å²) in [5, 5.41) is 15.7. The molecule has 0 radical (unpaired) electrons. The Morgan fingerprint density at radius 3 is 2.59 bits per heavy atom. The summed E-state index contributed by atoms with van der Waals surface area (Å²) in [4.78, 5) is 3.22. The number of aromatic nitrogens is 1. The highest BCUT2D eigenvalue weighted by Crippen LogP contribution is 2.30. The molecule has 1 heterocycles. The van der Waals surface area contributed by atoms with E-state index in [9.17, 15) is 13.2 Å². The van der Waals surface area contributed by atoms with E-state index in [4.69, 9.17) is 21.0 Å². The average Bonchev–Trinajstić information content (AvgIpc) is 2.24. The van der Waals surface area contributed by atoms with Gasteiger partial charge in [-0.05, 0) is 12.1 Å². The largest absolute Gasteiger partial charge is 0.475 e. The van der Waals surface area contributed by atoms with Crippen molar-refractivity contribution < 1.29 is 23.0 Å². The summed E-state index contributed by atoms with van der Waals surface area (Å²) in [5.74, 6) is -0.875. The molecule has 5 nitrogen and oxygen atoms in total. The van der Waals surface area contributed by atoms with Gasteiger partial charge < -0.3 is 15.6 Å². The Hall–Kier alpha value is -1.83. The van der Waals surface area contributed by atoms with Crippen LogP contribution in [0.4, 0.5) is 13.2 Å². The molecule has 1 rings (SSSR count). The number of nitrogens with one attached hydrogen (secondary N) is 1. The molecule has 8 heteroatoms. The second-order valence-electron chi connectivity index (χ2n) is 3.03. The molecule has 94 valence electrons. The van der Waals surface area contributed by atoms with Gasteiger partial charge in [0.25, 0.3) is 0 Å². The van der Waals surface area contributed by atoms with Crippen molar-refractivity contribution in [2.45, 2.75) is 6.18 Å². The van der Waals surface area contributed by atoms with Crippen LogP contribution >= 0.6 is 0 Å². The Morgan fingerprint density at radius 1 is 1.47 bits per heavy atom. The van der Waals surface area contributed by atoms with Crippen molar-refractivity contribution in [1.82, 2.24) is 4.98 Å². The summed E-state index contributed by atoms with van der Waals surface area (Å²) < 4.78 is 41.9. The van der Waals surface area contributed by atoms with Gasteiger partial charge in [-0.25, -0.2) is 4.98 Å². The van der Waals surface area contributed by atoms with Crippen molar-refractivity contribution in [3.05, 3.63) is 23.4 Å². The first-order valence-electron chi connectivity index (χ1n) is 4.52. The standard InChI is InChI=1S/C9H10F3N3O2/c10-9(11,12)6-2-1-5(7(13)14)8(15-6)17-4-3-16/h1-2,16H,3-4H2,(H3,13,14). The predicted molar refractivity (Wildman–Crippen MR) is 52.8 cm³/mol. The SMILES string of the molecule is N=C(N)c1ccc(C(F)(F)F)nc1OCCO. The van der Waals surface area contributed by atoms with E-state index in [0.29, 0.717) is 6.07 Å². The van der Waals surface area contributed by atoms with Crippen LogP contribution in [0, 0.1) is 5.41 Å². The molecule has 1 aromatic rings. The number of nitrogens with zero attached hydrogens (tertiary/aromatic N) is 1. The number of pyridine rings is 1. The fraction of sp³-hybridized carbons (Fsp3) is 0.333. The normalized spacial score (nSPS) is 11.3. The average molecular weight is 249 g/mol. The number of halogens is 3. The Bertz CT molecular complexity index is 420. The summed E-state index contributed by atoms with van der Waals surface area (Å²) in [7, 11) is 0. The molecule has 0 saturated carbocycles. The minimum absolute atomic E-state index is 0.0496. The summed E-state index contributed by atoms with van der Waals surface area (Å²) in [6.45, 7) is -0.607. The van der Waals surface area contributed by atoms with Crippen molar-refractivity contribution in [1.29, 1.82) is 5.41 Å². The second kappa shape index (κ2) is 5.00. The summed E-state index contributed by atoms with van der Waals surface area (Å²) in [6, 6.07) is 1.72. The van der Waals surface area contributed by atoms with Crippen LogP contribution in [0.3, 0.4) is 0 Å².